The molecule has 3 aromatic carbocycles. The van der Waals surface area contributed by atoms with Crippen molar-refractivity contribution in [2.24, 2.45) is 11.8 Å². The monoisotopic (exact) mass is 630 g/mol. The summed E-state index contributed by atoms with van der Waals surface area (Å²) < 4.78 is 94.2. The normalized spacial score (nSPS) is 25.7. The van der Waals surface area contributed by atoms with Crippen molar-refractivity contribution in [1.29, 1.82) is 0 Å². The van der Waals surface area contributed by atoms with Gasteiger partial charge in [-0.25, -0.2) is 26.3 Å². The minimum absolute atomic E-state index is 0.0182. The number of aliphatic hydroxyl groups excluding tert-OH is 1. The third-order valence-corrected chi connectivity index (χ3v) is 10.6. The lowest BCUT2D eigenvalue weighted by Crippen LogP contribution is -2.18. The molecule has 0 amide bonds. The summed E-state index contributed by atoms with van der Waals surface area (Å²) in [6.07, 6.45) is 7.76. The van der Waals surface area contributed by atoms with Crippen molar-refractivity contribution in [2.45, 2.75) is 102 Å². The quantitative estimate of drug-likeness (QED) is 0.189. The molecule has 0 bridgehead atoms. The van der Waals surface area contributed by atoms with Gasteiger partial charge in [0.25, 0.3) is 0 Å². The largest absolute Gasteiger partial charge is 0.388 e. The molecule has 0 spiro atoms. The van der Waals surface area contributed by atoms with Crippen LogP contribution in [0.3, 0.4) is 0 Å². The lowest BCUT2D eigenvalue weighted by molar-refractivity contribution is 0.167. The highest BCUT2D eigenvalue weighted by Gasteiger charge is 2.32. The molecule has 3 aromatic rings. The van der Waals surface area contributed by atoms with Crippen molar-refractivity contribution in [2.75, 3.05) is 6.61 Å². The Hall–Kier alpha value is -2.84. The number of halogens is 6. The van der Waals surface area contributed by atoms with Gasteiger partial charge in [0.1, 0.15) is 6.10 Å². The molecular formula is C37H40F6O2. The van der Waals surface area contributed by atoms with Crippen molar-refractivity contribution in [3.05, 3.63) is 93.6 Å². The predicted octanol–water partition coefficient (Wildman–Crippen LogP) is 10.7. The highest BCUT2D eigenvalue weighted by molar-refractivity contribution is 5.66. The average Bonchev–Trinajstić information content (AvgIpc) is 3.90. The number of rotatable bonds is 9. The van der Waals surface area contributed by atoms with E-state index in [1.807, 2.05) is 0 Å². The fraction of sp³-hybridized carbons (Fsp3) is 0.514. The van der Waals surface area contributed by atoms with Gasteiger partial charge in [-0.15, -0.1) is 0 Å². The van der Waals surface area contributed by atoms with Crippen LogP contribution in [0, 0.1) is 46.7 Å². The zero-order valence-electron chi connectivity index (χ0n) is 25.5. The maximum atomic E-state index is 15.3. The fourth-order valence-corrected chi connectivity index (χ4v) is 7.70. The van der Waals surface area contributed by atoms with E-state index in [9.17, 15) is 22.7 Å². The third-order valence-electron chi connectivity index (χ3n) is 10.6. The van der Waals surface area contributed by atoms with Crippen LogP contribution < -0.4 is 0 Å². The van der Waals surface area contributed by atoms with Gasteiger partial charge in [0, 0.05) is 22.3 Å². The second-order valence-corrected chi connectivity index (χ2v) is 13.3. The summed E-state index contributed by atoms with van der Waals surface area (Å²) >= 11 is 0. The molecule has 2 aliphatic carbocycles. The summed E-state index contributed by atoms with van der Waals surface area (Å²) in [6, 6.07) is 8.66. The van der Waals surface area contributed by atoms with E-state index in [0.29, 0.717) is 30.4 Å². The van der Waals surface area contributed by atoms with Crippen molar-refractivity contribution in [3.8, 4) is 11.1 Å². The lowest BCUT2D eigenvalue weighted by Gasteiger charge is -2.32. The van der Waals surface area contributed by atoms with Crippen LogP contribution in [0.1, 0.15) is 124 Å². The van der Waals surface area contributed by atoms with Crippen LogP contribution >= 0.6 is 0 Å². The van der Waals surface area contributed by atoms with E-state index in [-0.39, 0.29) is 39.7 Å². The van der Waals surface area contributed by atoms with Gasteiger partial charge in [-0.05, 0) is 92.6 Å². The van der Waals surface area contributed by atoms with Gasteiger partial charge >= 0.3 is 0 Å². The Labute approximate surface area is 260 Å². The summed E-state index contributed by atoms with van der Waals surface area (Å²) in [7, 11) is 0. The van der Waals surface area contributed by atoms with Crippen LogP contribution in [0.4, 0.5) is 26.3 Å². The van der Waals surface area contributed by atoms with E-state index in [1.165, 1.54) is 30.3 Å². The maximum Gasteiger partial charge on any atom is 0.167 e. The molecule has 8 heteroatoms. The Balaban J connectivity index is 0.999. The van der Waals surface area contributed by atoms with Crippen LogP contribution in [0.15, 0.2) is 36.4 Å². The Kier molecular flexibility index (Phi) is 9.62. The first-order valence-corrected chi connectivity index (χ1v) is 16.4. The van der Waals surface area contributed by atoms with Crippen molar-refractivity contribution < 1.29 is 36.2 Å². The minimum Gasteiger partial charge on any atom is -0.388 e. The highest BCUT2D eigenvalue weighted by atomic mass is 19.2. The van der Waals surface area contributed by atoms with Crippen LogP contribution in [0.2, 0.25) is 0 Å². The number of ether oxygens (including phenoxy) is 1. The third kappa shape index (κ3) is 6.55. The second-order valence-electron chi connectivity index (χ2n) is 13.3. The number of hydrogen-bond acceptors (Lipinski definition) is 2. The van der Waals surface area contributed by atoms with Gasteiger partial charge in [0.15, 0.2) is 34.9 Å². The van der Waals surface area contributed by atoms with Crippen LogP contribution in [0.5, 0.6) is 0 Å². The summed E-state index contributed by atoms with van der Waals surface area (Å²) in [5.74, 6) is -5.32. The summed E-state index contributed by atoms with van der Waals surface area (Å²) in [5, 5.41) is 9.96. The van der Waals surface area contributed by atoms with E-state index < -0.39 is 47.1 Å². The molecule has 1 aliphatic heterocycles. The van der Waals surface area contributed by atoms with E-state index >= 15 is 8.78 Å². The molecule has 1 saturated heterocycles. The molecule has 0 aromatic heterocycles. The van der Waals surface area contributed by atoms with Gasteiger partial charge < -0.3 is 9.84 Å². The Morgan fingerprint density at radius 2 is 1.02 bits per heavy atom. The highest BCUT2D eigenvalue weighted by Crippen LogP contribution is 2.44. The van der Waals surface area contributed by atoms with E-state index in [2.05, 4.69) is 0 Å². The molecule has 6 rings (SSSR count). The standard InChI is InChI=1S/C37H40F6O2/c1-2-30(44)28-17-14-25(33(39)36(28)42)23-11-7-21(8-12-23)4-3-20-5-9-22(10-6-20)24-13-15-26(34(40)32(24)38)27-16-18-29(31-19-45-31)37(43)35(27)41/h13-18,20-23,30-31,44H,2-12,19H2,1H3. The molecule has 3 aliphatic rings. The molecule has 0 radical (unpaired) electrons. The lowest BCUT2D eigenvalue weighted by atomic mass is 9.73. The Morgan fingerprint density at radius 1 is 0.600 bits per heavy atom. The molecule has 2 nitrogen and oxygen atoms in total. The number of epoxide rings is 1. The molecule has 1 N–H and O–H groups in total. The van der Waals surface area contributed by atoms with E-state index in [1.54, 1.807) is 13.0 Å². The molecule has 242 valence electrons. The molecule has 2 atom stereocenters. The van der Waals surface area contributed by atoms with Crippen LogP contribution in [-0.2, 0) is 4.74 Å². The topological polar surface area (TPSA) is 32.8 Å². The zero-order valence-corrected chi connectivity index (χ0v) is 25.5. The van der Waals surface area contributed by atoms with Crippen molar-refractivity contribution >= 4 is 0 Å². The first-order valence-electron chi connectivity index (χ1n) is 16.4. The Bertz CT molecular complexity index is 1520. The molecule has 1 heterocycles. The van der Waals surface area contributed by atoms with Crippen molar-refractivity contribution in [3.63, 3.8) is 0 Å². The van der Waals surface area contributed by atoms with Gasteiger partial charge in [-0.2, -0.15) is 0 Å². The number of hydrogen-bond donors (Lipinski definition) is 1. The molecule has 45 heavy (non-hydrogen) atoms. The average molecular weight is 631 g/mol. The summed E-state index contributed by atoms with van der Waals surface area (Å²) in [5.41, 5.74) is 0.203. The second kappa shape index (κ2) is 13.5. The molecule has 2 saturated carbocycles. The molecule has 3 fully saturated rings. The van der Waals surface area contributed by atoms with Gasteiger partial charge in [0.2, 0.25) is 0 Å². The number of benzene rings is 3. The minimum atomic E-state index is -1.20. The molecule has 2 unspecified atom stereocenters. The fourth-order valence-electron chi connectivity index (χ4n) is 7.70. The first kappa shape index (κ1) is 32.1. The van der Waals surface area contributed by atoms with Crippen LogP contribution in [-0.4, -0.2) is 11.7 Å². The Morgan fingerprint density at radius 3 is 1.49 bits per heavy atom. The summed E-state index contributed by atoms with van der Waals surface area (Å²) in [4.78, 5) is 0. The number of aliphatic hydroxyl groups is 1. The van der Waals surface area contributed by atoms with Crippen LogP contribution in [0.25, 0.3) is 11.1 Å². The maximum absolute atomic E-state index is 15.3. The predicted molar refractivity (Wildman–Crippen MR) is 161 cm³/mol. The van der Waals surface area contributed by atoms with E-state index in [0.717, 1.165) is 64.2 Å². The van der Waals surface area contributed by atoms with Gasteiger partial charge in [-0.3, -0.25) is 0 Å². The first-order chi connectivity index (χ1) is 21.7. The smallest absolute Gasteiger partial charge is 0.167 e. The zero-order chi connectivity index (χ0) is 31.8. The van der Waals surface area contributed by atoms with Crippen molar-refractivity contribution in [1.82, 2.24) is 0 Å². The summed E-state index contributed by atoms with van der Waals surface area (Å²) in [6.45, 7) is 2.04. The van der Waals surface area contributed by atoms with E-state index in [4.69, 9.17) is 4.74 Å². The SMILES string of the molecule is CCC(O)c1ccc(C2CCC(CCC3CCC(c4ccc(-c5ccc(C6CO6)c(F)c5F)c(F)c4F)CC3)CC2)c(F)c1F. The van der Waals surface area contributed by atoms with Gasteiger partial charge in [-0.1, -0.05) is 56.2 Å². The molecular weight excluding hydrogens is 590 g/mol. The van der Waals surface area contributed by atoms with Gasteiger partial charge in [0.05, 0.1) is 12.7 Å².